The first-order valence-electron chi connectivity index (χ1n) is 7.09. The number of hydrogen-bond donors (Lipinski definition) is 1. The summed E-state index contributed by atoms with van der Waals surface area (Å²) in [7, 11) is 0. The number of amides is 1. The van der Waals surface area contributed by atoms with Gasteiger partial charge in [0.2, 0.25) is 0 Å². The van der Waals surface area contributed by atoms with Gasteiger partial charge in [-0.25, -0.2) is 4.68 Å². The van der Waals surface area contributed by atoms with Gasteiger partial charge in [-0.15, -0.1) is 11.3 Å². The molecular weight excluding hydrogens is 294 g/mol. The summed E-state index contributed by atoms with van der Waals surface area (Å²) in [5, 5.41) is 9.46. The van der Waals surface area contributed by atoms with Gasteiger partial charge >= 0.3 is 0 Å². The van der Waals surface area contributed by atoms with E-state index in [9.17, 15) is 4.79 Å². The molecule has 2 heterocycles. The molecule has 0 atom stereocenters. The number of carbonyl (C=O) groups excluding carboxylic acids is 1. The van der Waals surface area contributed by atoms with Gasteiger partial charge in [-0.2, -0.15) is 5.10 Å². The predicted molar refractivity (Wildman–Crippen MR) is 88.5 cm³/mol. The highest BCUT2D eigenvalue weighted by atomic mass is 32.1. The smallest absolute Gasteiger partial charge is 0.261 e. The van der Waals surface area contributed by atoms with E-state index in [1.807, 2.05) is 66.4 Å². The van der Waals surface area contributed by atoms with Crippen LogP contribution in [-0.4, -0.2) is 15.7 Å². The topological polar surface area (TPSA) is 46.9 Å². The molecule has 3 aromatic rings. The van der Waals surface area contributed by atoms with Gasteiger partial charge in [-0.1, -0.05) is 24.3 Å². The molecule has 0 saturated carbocycles. The van der Waals surface area contributed by atoms with E-state index < -0.39 is 0 Å². The van der Waals surface area contributed by atoms with Crippen LogP contribution in [0.15, 0.2) is 47.8 Å². The van der Waals surface area contributed by atoms with Gasteiger partial charge < -0.3 is 5.32 Å². The fourth-order valence-corrected chi connectivity index (χ4v) is 3.06. The quantitative estimate of drug-likeness (QED) is 0.802. The first kappa shape index (κ1) is 14.5. The molecule has 0 spiro atoms. The average molecular weight is 311 g/mol. The molecule has 4 nitrogen and oxygen atoms in total. The molecule has 1 N–H and O–H groups in total. The van der Waals surface area contributed by atoms with Crippen LogP contribution >= 0.6 is 11.3 Å². The third kappa shape index (κ3) is 2.80. The van der Waals surface area contributed by atoms with E-state index in [2.05, 4.69) is 10.4 Å². The van der Waals surface area contributed by atoms with Crippen LogP contribution in [0.4, 0.5) is 0 Å². The fraction of sp³-hybridized carbons (Fsp3) is 0.176. The lowest BCUT2D eigenvalue weighted by Crippen LogP contribution is -2.22. The van der Waals surface area contributed by atoms with Gasteiger partial charge in [0.15, 0.2) is 0 Å². The van der Waals surface area contributed by atoms with Crippen LogP contribution < -0.4 is 5.32 Å². The molecule has 0 saturated heterocycles. The van der Waals surface area contributed by atoms with Crippen molar-refractivity contribution in [2.24, 2.45) is 0 Å². The van der Waals surface area contributed by atoms with E-state index in [1.165, 1.54) is 11.3 Å². The van der Waals surface area contributed by atoms with Gasteiger partial charge in [0, 0.05) is 17.8 Å². The highest BCUT2D eigenvalue weighted by Gasteiger charge is 2.14. The minimum absolute atomic E-state index is 0.0405. The largest absolute Gasteiger partial charge is 0.347 e. The number of aromatic nitrogens is 2. The summed E-state index contributed by atoms with van der Waals surface area (Å²) in [5.74, 6) is -0.0405. The summed E-state index contributed by atoms with van der Waals surface area (Å²) < 4.78 is 1.92. The summed E-state index contributed by atoms with van der Waals surface area (Å²) in [6.45, 7) is 4.49. The standard InChI is InChI=1S/C17H17N3OS/c1-12-15(11-18-17(21)16-9-6-10-22-16)13(2)20(19-12)14-7-4-3-5-8-14/h3-10H,11H2,1-2H3,(H,18,21). The number of nitrogens with one attached hydrogen (secondary N) is 1. The second kappa shape index (κ2) is 6.15. The van der Waals surface area contributed by atoms with Crippen molar-refractivity contribution in [3.05, 3.63) is 69.7 Å². The van der Waals surface area contributed by atoms with Gasteiger partial charge in [-0.3, -0.25) is 4.79 Å². The minimum Gasteiger partial charge on any atom is -0.347 e. The normalized spacial score (nSPS) is 10.6. The maximum Gasteiger partial charge on any atom is 0.261 e. The van der Waals surface area contributed by atoms with E-state index >= 15 is 0 Å². The Hall–Kier alpha value is -2.40. The van der Waals surface area contributed by atoms with Crippen molar-refractivity contribution in [1.82, 2.24) is 15.1 Å². The lowest BCUT2D eigenvalue weighted by atomic mass is 10.2. The average Bonchev–Trinajstić information content (AvgIpc) is 3.15. The van der Waals surface area contributed by atoms with Crippen molar-refractivity contribution in [1.29, 1.82) is 0 Å². The van der Waals surface area contributed by atoms with Crippen LogP contribution in [0.3, 0.4) is 0 Å². The summed E-state index contributed by atoms with van der Waals surface area (Å²) in [6, 6.07) is 13.7. The molecule has 0 fully saturated rings. The SMILES string of the molecule is Cc1nn(-c2ccccc2)c(C)c1CNC(=O)c1cccs1. The number of hydrogen-bond acceptors (Lipinski definition) is 3. The summed E-state index contributed by atoms with van der Waals surface area (Å²) in [4.78, 5) is 12.8. The van der Waals surface area contributed by atoms with E-state index in [0.717, 1.165) is 27.5 Å². The monoisotopic (exact) mass is 311 g/mol. The minimum atomic E-state index is -0.0405. The van der Waals surface area contributed by atoms with E-state index in [4.69, 9.17) is 0 Å². The summed E-state index contributed by atoms with van der Waals surface area (Å²) in [5.41, 5.74) is 4.08. The Morgan fingerprint density at radius 3 is 2.64 bits per heavy atom. The lowest BCUT2D eigenvalue weighted by molar-refractivity contribution is 0.0955. The molecule has 2 aromatic heterocycles. The Kier molecular flexibility index (Phi) is 4.06. The van der Waals surface area contributed by atoms with E-state index in [1.54, 1.807) is 0 Å². The summed E-state index contributed by atoms with van der Waals surface area (Å²) in [6.07, 6.45) is 0. The Bertz CT molecular complexity index is 776. The van der Waals surface area contributed by atoms with Gasteiger partial charge in [0.1, 0.15) is 0 Å². The van der Waals surface area contributed by atoms with Crippen LogP contribution in [0.1, 0.15) is 26.6 Å². The number of carbonyl (C=O) groups is 1. The number of para-hydroxylation sites is 1. The Balaban J connectivity index is 1.80. The van der Waals surface area contributed by atoms with Crippen molar-refractivity contribution in [2.75, 3.05) is 0 Å². The van der Waals surface area contributed by atoms with Gasteiger partial charge in [0.05, 0.1) is 16.3 Å². The van der Waals surface area contributed by atoms with Gasteiger partial charge in [-0.05, 0) is 37.4 Å². The van der Waals surface area contributed by atoms with Crippen molar-refractivity contribution >= 4 is 17.2 Å². The number of aryl methyl sites for hydroxylation is 1. The van der Waals surface area contributed by atoms with Crippen molar-refractivity contribution in [2.45, 2.75) is 20.4 Å². The Morgan fingerprint density at radius 1 is 1.18 bits per heavy atom. The molecule has 0 bridgehead atoms. The molecule has 0 radical (unpaired) electrons. The number of rotatable bonds is 4. The third-order valence-corrected chi connectivity index (χ3v) is 4.48. The zero-order valence-corrected chi connectivity index (χ0v) is 13.4. The van der Waals surface area contributed by atoms with Crippen molar-refractivity contribution in [3.8, 4) is 5.69 Å². The number of benzene rings is 1. The molecule has 5 heteroatoms. The molecular formula is C17H17N3OS. The molecule has 0 aliphatic carbocycles. The highest BCUT2D eigenvalue weighted by Crippen LogP contribution is 2.18. The molecule has 0 aliphatic heterocycles. The second-order valence-corrected chi connectivity index (χ2v) is 6.00. The first-order valence-corrected chi connectivity index (χ1v) is 7.97. The molecule has 3 rings (SSSR count). The van der Waals surface area contributed by atoms with Crippen LogP contribution in [-0.2, 0) is 6.54 Å². The fourth-order valence-electron chi connectivity index (χ4n) is 2.41. The van der Waals surface area contributed by atoms with Crippen LogP contribution in [0, 0.1) is 13.8 Å². The maximum absolute atomic E-state index is 12.1. The predicted octanol–water partition coefficient (Wildman–Crippen LogP) is 3.48. The molecule has 112 valence electrons. The Morgan fingerprint density at radius 2 is 1.95 bits per heavy atom. The molecule has 1 amide bonds. The zero-order chi connectivity index (χ0) is 15.5. The van der Waals surface area contributed by atoms with Crippen LogP contribution in [0.25, 0.3) is 5.69 Å². The number of nitrogens with zero attached hydrogens (tertiary/aromatic N) is 2. The zero-order valence-electron chi connectivity index (χ0n) is 12.5. The lowest BCUT2D eigenvalue weighted by Gasteiger charge is -2.06. The van der Waals surface area contributed by atoms with Crippen LogP contribution in [0.2, 0.25) is 0 Å². The van der Waals surface area contributed by atoms with E-state index in [0.29, 0.717) is 6.54 Å². The molecule has 0 unspecified atom stereocenters. The third-order valence-electron chi connectivity index (χ3n) is 3.61. The maximum atomic E-state index is 12.1. The van der Waals surface area contributed by atoms with Gasteiger partial charge in [0.25, 0.3) is 5.91 Å². The van der Waals surface area contributed by atoms with E-state index in [-0.39, 0.29) is 5.91 Å². The molecule has 0 aliphatic rings. The number of thiophene rings is 1. The van der Waals surface area contributed by atoms with Crippen molar-refractivity contribution < 1.29 is 4.79 Å². The Labute approximate surface area is 133 Å². The molecule has 1 aromatic carbocycles. The highest BCUT2D eigenvalue weighted by molar-refractivity contribution is 7.12. The van der Waals surface area contributed by atoms with Crippen LogP contribution in [0.5, 0.6) is 0 Å². The first-order chi connectivity index (χ1) is 10.7. The second-order valence-electron chi connectivity index (χ2n) is 5.06. The molecule has 22 heavy (non-hydrogen) atoms. The summed E-state index contributed by atoms with van der Waals surface area (Å²) >= 11 is 1.44. The van der Waals surface area contributed by atoms with Crippen molar-refractivity contribution in [3.63, 3.8) is 0 Å².